The fraction of sp³-hybridized carbons (Fsp3) is 0. The van der Waals surface area contributed by atoms with E-state index in [1.54, 1.807) is 0 Å². The van der Waals surface area contributed by atoms with E-state index < -0.39 is 0 Å². The second-order valence-electron chi connectivity index (χ2n) is 1.03. The van der Waals surface area contributed by atoms with Gasteiger partial charge in [-0.2, -0.15) is 0 Å². The Morgan fingerprint density at radius 2 is 1.43 bits per heavy atom. The topological polar surface area (TPSA) is 61.3 Å². The van der Waals surface area contributed by atoms with Crippen molar-refractivity contribution in [2.75, 3.05) is 0 Å². The first kappa shape index (κ1) is 5.88. The summed E-state index contributed by atoms with van der Waals surface area (Å²) >= 11 is 0. The van der Waals surface area contributed by atoms with E-state index in [1.807, 2.05) is 0 Å². The van der Waals surface area contributed by atoms with Crippen molar-refractivity contribution < 1.29 is 4.74 Å². The van der Waals surface area contributed by atoms with Crippen LogP contribution in [0.4, 0.5) is 0 Å². The highest BCUT2D eigenvalue weighted by molar-refractivity contribution is 4.82. The van der Waals surface area contributed by atoms with Crippen LogP contribution in [-0.2, 0) is 4.74 Å². The Labute approximate surface area is 42.2 Å². The van der Waals surface area contributed by atoms with Gasteiger partial charge in [-0.15, -0.1) is 0 Å². The van der Waals surface area contributed by atoms with Gasteiger partial charge < -0.3 is 16.2 Å². The molecule has 0 saturated heterocycles. The maximum absolute atomic E-state index is 4.94. The van der Waals surface area contributed by atoms with Gasteiger partial charge in [0, 0.05) is 0 Å². The number of hydrogen-bond donors (Lipinski definition) is 2. The largest absolute Gasteiger partial charge is 0.427 e. The molecule has 0 bridgehead atoms. The minimum absolute atomic E-state index is 0.0625. The van der Waals surface area contributed by atoms with E-state index in [0.29, 0.717) is 0 Å². The molecule has 0 fully saturated rings. The quantitative estimate of drug-likeness (QED) is 0.475. The van der Waals surface area contributed by atoms with Gasteiger partial charge in [-0.05, 0) is 13.2 Å². The number of hydrogen-bond acceptors (Lipinski definition) is 3. The molecule has 0 unspecified atom stereocenters. The van der Waals surface area contributed by atoms with Crippen molar-refractivity contribution in [3.05, 3.63) is 24.9 Å². The zero-order valence-corrected chi connectivity index (χ0v) is 3.98. The normalized spacial score (nSPS) is 7.43. The molecule has 0 rings (SSSR count). The van der Waals surface area contributed by atoms with E-state index in [9.17, 15) is 0 Å². The third kappa shape index (κ3) is 4.88. The molecule has 0 radical (unpaired) electrons. The Hall–Kier alpha value is -1.12. The average molecular weight is 100 g/mol. The van der Waals surface area contributed by atoms with E-state index in [1.165, 1.54) is 0 Å². The van der Waals surface area contributed by atoms with Crippen LogP contribution in [-0.4, -0.2) is 0 Å². The molecule has 4 N–H and O–H groups in total. The van der Waals surface area contributed by atoms with Gasteiger partial charge in [0.1, 0.15) is 0 Å². The lowest BCUT2D eigenvalue weighted by Gasteiger charge is -1.98. The highest BCUT2D eigenvalue weighted by atomic mass is 16.5. The summed E-state index contributed by atoms with van der Waals surface area (Å²) < 4.78 is 4.42. The van der Waals surface area contributed by atoms with Gasteiger partial charge >= 0.3 is 0 Å². The standard InChI is InChI=1S/C4H8N2O/c1-3(5)7-4(2)6/h1-2,5-6H2. The summed E-state index contributed by atoms with van der Waals surface area (Å²) in [6.45, 7) is 6.42. The first-order valence-electron chi connectivity index (χ1n) is 1.69. The Morgan fingerprint density at radius 1 is 1.14 bits per heavy atom. The number of rotatable bonds is 2. The zero-order chi connectivity index (χ0) is 5.86. The molecule has 0 aromatic rings. The van der Waals surface area contributed by atoms with Crippen LogP contribution in [0.5, 0.6) is 0 Å². The van der Waals surface area contributed by atoms with Crippen LogP contribution in [0.3, 0.4) is 0 Å². The summed E-state index contributed by atoms with van der Waals surface area (Å²) in [7, 11) is 0. The minimum atomic E-state index is 0.0625. The molecule has 0 aliphatic carbocycles. The maximum atomic E-state index is 4.94. The van der Waals surface area contributed by atoms with Crippen LogP contribution < -0.4 is 11.5 Å². The van der Waals surface area contributed by atoms with Gasteiger partial charge in [0.25, 0.3) is 0 Å². The zero-order valence-electron chi connectivity index (χ0n) is 3.98. The number of nitrogens with two attached hydrogens (primary N) is 2. The van der Waals surface area contributed by atoms with Crippen LogP contribution in [0.15, 0.2) is 24.9 Å². The summed E-state index contributed by atoms with van der Waals surface area (Å²) in [5, 5.41) is 0. The van der Waals surface area contributed by atoms with Gasteiger partial charge in [0.05, 0.1) is 0 Å². The molecular weight excluding hydrogens is 92.1 g/mol. The van der Waals surface area contributed by atoms with Gasteiger partial charge in [0.15, 0.2) is 11.8 Å². The summed E-state index contributed by atoms with van der Waals surface area (Å²) in [6, 6.07) is 0. The summed E-state index contributed by atoms with van der Waals surface area (Å²) in [5.74, 6) is 0.125. The van der Waals surface area contributed by atoms with Gasteiger partial charge in [-0.3, -0.25) is 0 Å². The monoisotopic (exact) mass is 100 g/mol. The van der Waals surface area contributed by atoms with Gasteiger partial charge in [-0.1, -0.05) is 0 Å². The SMILES string of the molecule is C=C(N)OC(=C)N. The molecular formula is C4H8N2O. The Bertz CT molecular complexity index is 85.9. The van der Waals surface area contributed by atoms with Crippen LogP contribution in [0, 0.1) is 0 Å². The van der Waals surface area contributed by atoms with Gasteiger partial charge in [-0.25, -0.2) is 0 Å². The fourth-order valence-corrected chi connectivity index (χ4v) is 0.168. The molecule has 0 aliphatic heterocycles. The summed E-state index contributed by atoms with van der Waals surface area (Å²) in [4.78, 5) is 0. The molecule has 0 heterocycles. The van der Waals surface area contributed by atoms with Crippen molar-refractivity contribution in [1.82, 2.24) is 0 Å². The molecule has 0 atom stereocenters. The Balaban J connectivity index is 3.32. The fourth-order valence-electron chi connectivity index (χ4n) is 0.168. The third-order valence-electron chi connectivity index (χ3n) is 0.262. The smallest absolute Gasteiger partial charge is 0.185 e. The lowest BCUT2D eigenvalue weighted by Crippen LogP contribution is -2.05. The van der Waals surface area contributed by atoms with Crippen molar-refractivity contribution in [3.63, 3.8) is 0 Å². The predicted molar refractivity (Wildman–Crippen MR) is 27.7 cm³/mol. The molecule has 0 aromatic carbocycles. The molecule has 7 heavy (non-hydrogen) atoms. The molecule has 0 aromatic heterocycles. The number of ether oxygens (including phenoxy) is 1. The predicted octanol–water partition coefficient (Wildman–Crippen LogP) is -0.137. The van der Waals surface area contributed by atoms with Crippen molar-refractivity contribution in [1.29, 1.82) is 0 Å². The first-order chi connectivity index (χ1) is 3.13. The molecule has 0 spiro atoms. The lowest BCUT2D eigenvalue weighted by atomic mass is 10.9. The molecule has 0 amide bonds. The second kappa shape index (κ2) is 2.12. The third-order valence-corrected chi connectivity index (χ3v) is 0.262. The van der Waals surface area contributed by atoms with Crippen LogP contribution in [0.25, 0.3) is 0 Å². The van der Waals surface area contributed by atoms with Crippen LogP contribution >= 0.6 is 0 Å². The average Bonchev–Trinajstić information content (AvgIpc) is 1.27. The molecule has 40 valence electrons. The first-order valence-corrected chi connectivity index (χ1v) is 1.69. The molecule has 0 saturated carbocycles. The molecule has 3 nitrogen and oxygen atoms in total. The minimum Gasteiger partial charge on any atom is -0.427 e. The van der Waals surface area contributed by atoms with E-state index in [-0.39, 0.29) is 11.8 Å². The molecule has 3 heteroatoms. The van der Waals surface area contributed by atoms with Crippen molar-refractivity contribution in [2.45, 2.75) is 0 Å². The van der Waals surface area contributed by atoms with Gasteiger partial charge in [0.2, 0.25) is 0 Å². The summed E-state index contributed by atoms with van der Waals surface area (Å²) in [5.41, 5.74) is 9.87. The second-order valence-corrected chi connectivity index (χ2v) is 1.03. The highest BCUT2D eigenvalue weighted by Crippen LogP contribution is 1.85. The van der Waals surface area contributed by atoms with Crippen LogP contribution in [0.2, 0.25) is 0 Å². The lowest BCUT2D eigenvalue weighted by molar-refractivity contribution is 0.301. The van der Waals surface area contributed by atoms with E-state index in [4.69, 9.17) is 11.5 Å². The van der Waals surface area contributed by atoms with Crippen molar-refractivity contribution >= 4 is 0 Å². The van der Waals surface area contributed by atoms with Crippen molar-refractivity contribution in [3.8, 4) is 0 Å². The summed E-state index contributed by atoms with van der Waals surface area (Å²) in [6.07, 6.45) is 0. The highest BCUT2D eigenvalue weighted by Gasteiger charge is 1.81. The van der Waals surface area contributed by atoms with Crippen LogP contribution in [0.1, 0.15) is 0 Å². The van der Waals surface area contributed by atoms with Crippen molar-refractivity contribution in [2.24, 2.45) is 11.5 Å². The Morgan fingerprint density at radius 3 is 1.43 bits per heavy atom. The van der Waals surface area contributed by atoms with E-state index in [2.05, 4.69) is 17.9 Å². The Kier molecular flexibility index (Phi) is 1.78. The van der Waals surface area contributed by atoms with E-state index in [0.717, 1.165) is 0 Å². The van der Waals surface area contributed by atoms with E-state index >= 15 is 0 Å². The maximum Gasteiger partial charge on any atom is 0.185 e. The molecule has 0 aliphatic rings.